The summed E-state index contributed by atoms with van der Waals surface area (Å²) in [5, 5.41) is 24.7. The van der Waals surface area contributed by atoms with Crippen LogP contribution < -0.4 is 35.3 Å². The summed E-state index contributed by atoms with van der Waals surface area (Å²) < 4.78 is 35.5. The van der Waals surface area contributed by atoms with Gasteiger partial charge >= 0.3 is 29.6 Å². The number of rotatable bonds is 5. The molecule has 7 rings (SSSR count). The Labute approximate surface area is 275 Å². The molecule has 0 aliphatic heterocycles. The van der Waals surface area contributed by atoms with Crippen molar-refractivity contribution in [2.45, 2.75) is 4.90 Å². The second kappa shape index (κ2) is 11.9. The van der Waals surface area contributed by atoms with E-state index in [1.807, 2.05) is 84.9 Å². The van der Waals surface area contributed by atoms with E-state index in [0.29, 0.717) is 39.2 Å². The first-order valence-electron chi connectivity index (χ1n) is 13.4. The fourth-order valence-corrected chi connectivity index (χ4v) is 6.12. The van der Waals surface area contributed by atoms with E-state index in [4.69, 9.17) is 10.8 Å². The molecule has 44 heavy (non-hydrogen) atoms. The molecule has 0 atom stereocenters. The van der Waals surface area contributed by atoms with Gasteiger partial charge in [-0.2, -0.15) is 5.11 Å². The Morgan fingerprint density at radius 1 is 0.523 bits per heavy atom. The van der Waals surface area contributed by atoms with Crippen LogP contribution in [-0.2, 0) is 10.1 Å². The predicted octanol–water partition coefficient (Wildman–Crippen LogP) is 6.62. The van der Waals surface area contributed by atoms with Crippen LogP contribution in [0.1, 0.15) is 0 Å². The molecule has 0 spiro atoms. The topological polar surface area (TPSA) is 133 Å². The predicted molar refractivity (Wildman–Crippen MR) is 170 cm³/mol. The molecule has 0 saturated heterocycles. The molecule has 0 aliphatic carbocycles. The van der Waals surface area contributed by atoms with E-state index in [-0.39, 0.29) is 34.5 Å². The third-order valence-electron chi connectivity index (χ3n) is 7.43. The molecule has 0 bridgehead atoms. The van der Waals surface area contributed by atoms with Gasteiger partial charge in [-0.25, -0.2) is 8.42 Å². The number of nitrogens with zero attached hydrogens (tertiary/aromatic N) is 4. The van der Waals surface area contributed by atoms with Crippen LogP contribution in [0.2, 0.25) is 0 Å². The van der Waals surface area contributed by atoms with E-state index in [1.54, 1.807) is 24.3 Å². The summed E-state index contributed by atoms with van der Waals surface area (Å²) in [5.41, 5.74) is 9.32. The van der Waals surface area contributed by atoms with Gasteiger partial charge in [-0.15, -0.1) is 15.3 Å². The Morgan fingerprint density at radius 3 is 1.70 bits per heavy atom. The molecule has 0 radical (unpaired) electrons. The Morgan fingerprint density at radius 2 is 1.07 bits per heavy atom. The van der Waals surface area contributed by atoms with Crippen molar-refractivity contribution in [2.75, 3.05) is 5.73 Å². The van der Waals surface area contributed by atoms with Gasteiger partial charge in [0.25, 0.3) is 0 Å². The number of nitrogen functional groups attached to an aromatic ring is 1. The van der Waals surface area contributed by atoms with Gasteiger partial charge in [-0.1, -0.05) is 91.0 Å². The quantitative estimate of drug-likeness (QED) is 0.0778. The van der Waals surface area contributed by atoms with Gasteiger partial charge in [0.05, 0.1) is 16.3 Å². The van der Waals surface area contributed by atoms with Crippen molar-refractivity contribution in [3.8, 4) is 0 Å². The molecular weight excluding hydrogens is 581 g/mol. The Hall–Kier alpha value is -4.51. The zero-order valence-electron chi connectivity index (χ0n) is 23.5. The first-order chi connectivity index (χ1) is 20.9. The van der Waals surface area contributed by atoms with Gasteiger partial charge in [0, 0.05) is 43.4 Å². The van der Waals surface area contributed by atoms with Crippen LogP contribution in [0.3, 0.4) is 0 Å². The van der Waals surface area contributed by atoms with Crippen LogP contribution in [0.5, 0.6) is 0 Å². The first-order valence-corrected chi connectivity index (χ1v) is 14.8. The maximum atomic E-state index is 11.8. The van der Waals surface area contributed by atoms with E-state index in [9.17, 15) is 13.0 Å². The second-order valence-corrected chi connectivity index (χ2v) is 11.4. The summed E-state index contributed by atoms with van der Waals surface area (Å²) in [7, 11) is -4.66. The minimum Gasteiger partial charge on any atom is -0.744 e. The normalized spacial score (nSPS) is 12.1. The van der Waals surface area contributed by atoms with Crippen LogP contribution in [0.25, 0.3) is 43.1 Å². The van der Waals surface area contributed by atoms with E-state index >= 15 is 0 Å². The van der Waals surface area contributed by atoms with Gasteiger partial charge in [0.1, 0.15) is 21.5 Å². The fraction of sp³-hybridized carbons (Fsp3) is 0. The average molecular weight is 604 g/mol. The number of anilines is 1. The molecule has 10 heteroatoms. The van der Waals surface area contributed by atoms with Crippen molar-refractivity contribution in [1.29, 1.82) is 0 Å². The first kappa shape index (κ1) is 29.6. The molecule has 7 aromatic rings. The van der Waals surface area contributed by atoms with Crippen molar-refractivity contribution in [1.82, 2.24) is 0 Å². The standard InChI is InChI=1S/C34H23N5O3S.Na/c35-30-15-5-8-21-18-19-22(20-29(21)30)36-38-33-25-9-1-3-11-27(25)34(28-12-4-2-10-26(28)33)39-37-31-16-6-14-24-23(31)13-7-17-32(24)43(40,41)42;/h1-20H,35H2,(H,40,41,42);/q;+1/p-1. The summed E-state index contributed by atoms with van der Waals surface area (Å²) in [6.07, 6.45) is 0. The SMILES string of the molecule is Nc1cccc2ccc(N=Nc3c4ccccc4c(N=Nc4cccc5c(S(=O)(=O)[O-])cccc45)c4ccccc34)cc12.[Na+]. The van der Waals surface area contributed by atoms with Gasteiger partial charge in [-0.3, -0.25) is 0 Å². The molecule has 0 heterocycles. The van der Waals surface area contributed by atoms with Gasteiger partial charge in [-0.05, 0) is 35.7 Å². The van der Waals surface area contributed by atoms with Crippen molar-refractivity contribution in [2.24, 2.45) is 20.5 Å². The molecule has 2 N–H and O–H groups in total. The summed E-state index contributed by atoms with van der Waals surface area (Å²) in [6, 6.07) is 36.7. The van der Waals surface area contributed by atoms with Crippen molar-refractivity contribution >= 4 is 81.6 Å². The van der Waals surface area contributed by atoms with Gasteiger partial charge in [0.2, 0.25) is 0 Å². The Bertz CT molecular complexity index is 2350. The maximum absolute atomic E-state index is 11.8. The third kappa shape index (κ3) is 5.36. The summed E-state index contributed by atoms with van der Waals surface area (Å²) in [6.45, 7) is 0. The van der Waals surface area contributed by atoms with Gasteiger partial charge < -0.3 is 10.3 Å². The Balaban J connectivity index is 0.00000343. The van der Waals surface area contributed by atoms with Crippen LogP contribution in [0, 0.1) is 0 Å². The monoisotopic (exact) mass is 603 g/mol. The van der Waals surface area contributed by atoms with E-state index < -0.39 is 10.1 Å². The number of hydrogen-bond acceptors (Lipinski definition) is 8. The van der Waals surface area contributed by atoms with Crippen LogP contribution in [0.4, 0.5) is 28.4 Å². The number of fused-ring (bicyclic) bond motifs is 4. The summed E-state index contributed by atoms with van der Waals surface area (Å²) in [4.78, 5) is -0.290. The number of hydrogen-bond donors (Lipinski definition) is 1. The van der Waals surface area contributed by atoms with Crippen LogP contribution >= 0.6 is 0 Å². The maximum Gasteiger partial charge on any atom is 1.00 e. The second-order valence-electron chi connectivity index (χ2n) is 10.0. The van der Waals surface area contributed by atoms with Crippen LogP contribution in [-0.4, -0.2) is 13.0 Å². The van der Waals surface area contributed by atoms with Crippen molar-refractivity contribution in [3.05, 3.63) is 121 Å². The molecule has 208 valence electrons. The molecular formula is C34H22N5NaO3S. The molecule has 0 amide bonds. The molecule has 0 saturated carbocycles. The molecule has 0 unspecified atom stereocenters. The molecule has 7 aromatic carbocycles. The zero-order valence-corrected chi connectivity index (χ0v) is 26.4. The van der Waals surface area contributed by atoms with Crippen molar-refractivity contribution < 1.29 is 42.5 Å². The third-order valence-corrected chi connectivity index (χ3v) is 8.32. The number of benzene rings is 7. The fourth-order valence-electron chi connectivity index (χ4n) is 5.43. The molecule has 8 nitrogen and oxygen atoms in total. The summed E-state index contributed by atoms with van der Waals surface area (Å²) >= 11 is 0. The van der Waals surface area contributed by atoms with E-state index in [0.717, 1.165) is 32.3 Å². The minimum absolute atomic E-state index is 0. The smallest absolute Gasteiger partial charge is 0.744 e. The number of azo groups is 2. The molecule has 0 aliphatic rings. The average Bonchev–Trinajstić information content (AvgIpc) is 3.02. The summed E-state index contributed by atoms with van der Waals surface area (Å²) in [5.74, 6) is 0. The molecule has 0 aromatic heterocycles. The minimum atomic E-state index is -4.66. The van der Waals surface area contributed by atoms with E-state index in [1.165, 1.54) is 12.1 Å². The zero-order chi connectivity index (χ0) is 29.6. The molecule has 0 fully saturated rings. The largest absolute Gasteiger partial charge is 1.00 e. The Kier molecular flexibility index (Phi) is 7.98. The van der Waals surface area contributed by atoms with E-state index in [2.05, 4.69) is 15.3 Å². The van der Waals surface area contributed by atoms with Gasteiger partial charge in [0.15, 0.2) is 0 Å². The number of nitrogens with two attached hydrogens (primary N) is 1. The van der Waals surface area contributed by atoms with Crippen molar-refractivity contribution in [3.63, 3.8) is 0 Å². The van der Waals surface area contributed by atoms with Crippen LogP contribution in [0.15, 0.2) is 147 Å².